The summed E-state index contributed by atoms with van der Waals surface area (Å²) in [5, 5.41) is 1.14. The van der Waals surface area contributed by atoms with Gasteiger partial charge in [0.25, 0.3) is 0 Å². The van der Waals surface area contributed by atoms with Gasteiger partial charge in [0.05, 0.1) is 25.8 Å². The van der Waals surface area contributed by atoms with Gasteiger partial charge in [0.1, 0.15) is 0 Å². The molecule has 1 aliphatic rings. The average molecular weight is 291 g/mol. The summed E-state index contributed by atoms with van der Waals surface area (Å²) in [7, 11) is 3.32. The summed E-state index contributed by atoms with van der Waals surface area (Å²) in [6, 6.07) is 6.07. The van der Waals surface area contributed by atoms with Gasteiger partial charge in [-0.05, 0) is 35.9 Å². The molecule has 20 heavy (non-hydrogen) atoms. The highest BCUT2D eigenvalue weighted by molar-refractivity contribution is 8.14. The lowest BCUT2D eigenvalue weighted by molar-refractivity contribution is 0.354. The molecule has 1 aromatic carbocycles. The molecule has 1 unspecified atom stereocenters. The first kappa shape index (κ1) is 15.0. The first-order valence-electron chi connectivity index (χ1n) is 6.85. The highest BCUT2D eigenvalue weighted by atomic mass is 32.2. The van der Waals surface area contributed by atoms with Crippen molar-refractivity contribution >= 4 is 16.8 Å². The lowest BCUT2D eigenvalue weighted by Gasteiger charge is -2.17. The number of methoxy groups -OCH3 is 2. The van der Waals surface area contributed by atoms with Crippen molar-refractivity contribution < 1.29 is 9.47 Å². The van der Waals surface area contributed by atoms with E-state index < -0.39 is 0 Å². The standard InChI is InChI=1S/C16H21NO2S/c1-4-9-20-16-8-6-13(11-17-16)12-5-7-14(18-2)15(10-12)19-3/h5-8,10,13H,4,9,11H2,1-3H3. The Labute approximate surface area is 125 Å². The van der Waals surface area contributed by atoms with E-state index in [1.165, 1.54) is 12.0 Å². The minimum Gasteiger partial charge on any atom is -0.493 e. The Morgan fingerprint density at radius 2 is 2.05 bits per heavy atom. The molecule has 1 aromatic rings. The summed E-state index contributed by atoms with van der Waals surface area (Å²) in [5.41, 5.74) is 1.21. The predicted molar refractivity (Wildman–Crippen MR) is 86.5 cm³/mol. The van der Waals surface area contributed by atoms with Crippen LogP contribution in [0.1, 0.15) is 24.8 Å². The Morgan fingerprint density at radius 1 is 1.25 bits per heavy atom. The maximum Gasteiger partial charge on any atom is 0.161 e. The van der Waals surface area contributed by atoms with Crippen molar-refractivity contribution in [3.63, 3.8) is 0 Å². The van der Waals surface area contributed by atoms with Crippen LogP contribution in [0.2, 0.25) is 0 Å². The van der Waals surface area contributed by atoms with Crippen LogP contribution in [-0.4, -0.2) is 31.6 Å². The maximum atomic E-state index is 5.35. The highest BCUT2D eigenvalue weighted by Gasteiger charge is 2.14. The molecule has 4 heteroatoms. The molecule has 0 aromatic heterocycles. The van der Waals surface area contributed by atoms with Crippen LogP contribution in [0.4, 0.5) is 0 Å². The fraction of sp³-hybridized carbons (Fsp3) is 0.438. The van der Waals surface area contributed by atoms with Gasteiger partial charge in [-0.2, -0.15) is 0 Å². The second-order valence-electron chi connectivity index (χ2n) is 4.61. The largest absolute Gasteiger partial charge is 0.493 e. The van der Waals surface area contributed by atoms with Crippen molar-refractivity contribution in [2.75, 3.05) is 26.5 Å². The molecular weight excluding hydrogens is 270 g/mol. The van der Waals surface area contributed by atoms with E-state index in [-0.39, 0.29) is 0 Å². The van der Waals surface area contributed by atoms with Gasteiger partial charge in [-0.3, -0.25) is 4.99 Å². The van der Waals surface area contributed by atoms with E-state index >= 15 is 0 Å². The average Bonchev–Trinajstić information content (AvgIpc) is 2.52. The second kappa shape index (κ2) is 7.39. The highest BCUT2D eigenvalue weighted by Crippen LogP contribution is 2.32. The molecule has 0 amide bonds. The Bertz CT molecular complexity index is 511. The molecule has 0 bridgehead atoms. The van der Waals surface area contributed by atoms with E-state index in [1.54, 1.807) is 14.2 Å². The van der Waals surface area contributed by atoms with Gasteiger partial charge in [0.2, 0.25) is 0 Å². The zero-order valence-corrected chi connectivity index (χ0v) is 13.1. The monoisotopic (exact) mass is 291 g/mol. The number of aliphatic imine (C=N–C) groups is 1. The van der Waals surface area contributed by atoms with E-state index in [1.807, 2.05) is 23.9 Å². The van der Waals surface area contributed by atoms with Gasteiger partial charge in [0.15, 0.2) is 11.5 Å². The third kappa shape index (κ3) is 3.57. The van der Waals surface area contributed by atoms with Crippen LogP contribution in [0.15, 0.2) is 35.3 Å². The normalized spacial score (nSPS) is 17.8. The van der Waals surface area contributed by atoms with Crippen molar-refractivity contribution in [1.82, 2.24) is 0 Å². The topological polar surface area (TPSA) is 30.8 Å². The zero-order valence-electron chi connectivity index (χ0n) is 12.3. The van der Waals surface area contributed by atoms with Crippen LogP contribution in [0.25, 0.3) is 0 Å². The molecule has 1 aliphatic heterocycles. The third-order valence-electron chi connectivity index (χ3n) is 3.20. The molecule has 0 saturated carbocycles. The quantitative estimate of drug-likeness (QED) is 0.824. The third-order valence-corrected chi connectivity index (χ3v) is 4.38. The summed E-state index contributed by atoms with van der Waals surface area (Å²) >= 11 is 1.83. The summed E-state index contributed by atoms with van der Waals surface area (Å²) < 4.78 is 10.6. The zero-order chi connectivity index (χ0) is 14.4. The first-order chi connectivity index (χ1) is 9.78. The molecule has 0 radical (unpaired) electrons. The number of hydrogen-bond acceptors (Lipinski definition) is 4. The van der Waals surface area contributed by atoms with E-state index in [0.717, 1.165) is 28.8 Å². The van der Waals surface area contributed by atoms with Crippen molar-refractivity contribution in [2.45, 2.75) is 19.3 Å². The second-order valence-corrected chi connectivity index (χ2v) is 5.72. The van der Waals surface area contributed by atoms with Crippen LogP contribution in [-0.2, 0) is 0 Å². The summed E-state index contributed by atoms with van der Waals surface area (Å²) in [5.74, 6) is 2.98. The molecule has 1 atom stereocenters. The summed E-state index contributed by atoms with van der Waals surface area (Å²) in [6.07, 6.45) is 5.54. The van der Waals surface area contributed by atoms with Crippen molar-refractivity contribution in [1.29, 1.82) is 0 Å². The molecule has 0 aliphatic carbocycles. The Hall–Kier alpha value is -1.42. The Morgan fingerprint density at radius 3 is 2.65 bits per heavy atom. The number of ether oxygens (including phenoxy) is 2. The van der Waals surface area contributed by atoms with Crippen LogP contribution in [0.5, 0.6) is 11.5 Å². The Balaban J connectivity index is 2.07. The molecule has 0 saturated heterocycles. The number of dihydropyridines is 1. The number of benzene rings is 1. The summed E-state index contributed by atoms with van der Waals surface area (Å²) in [4.78, 5) is 4.64. The van der Waals surface area contributed by atoms with Crippen LogP contribution >= 0.6 is 11.8 Å². The lowest BCUT2D eigenvalue weighted by Crippen LogP contribution is -2.07. The van der Waals surface area contributed by atoms with Crippen LogP contribution < -0.4 is 9.47 Å². The molecule has 2 rings (SSSR count). The van der Waals surface area contributed by atoms with Crippen LogP contribution in [0, 0.1) is 0 Å². The van der Waals surface area contributed by atoms with Gasteiger partial charge >= 0.3 is 0 Å². The summed E-state index contributed by atoms with van der Waals surface area (Å²) in [6.45, 7) is 2.99. The number of thioether (sulfide) groups is 1. The number of rotatable bonds is 5. The molecule has 3 nitrogen and oxygen atoms in total. The maximum absolute atomic E-state index is 5.35. The SMILES string of the molecule is CCCSC1=NCC(c2ccc(OC)c(OC)c2)C=C1. The van der Waals surface area contributed by atoms with Gasteiger partial charge in [-0.25, -0.2) is 0 Å². The van der Waals surface area contributed by atoms with E-state index in [0.29, 0.717) is 5.92 Å². The fourth-order valence-corrected chi connectivity index (χ4v) is 2.85. The smallest absolute Gasteiger partial charge is 0.161 e. The number of nitrogens with zero attached hydrogens (tertiary/aromatic N) is 1. The van der Waals surface area contributed by atoms with Gasteiger partial charge in [-0.15, -0.1) is 11.8 Å². The molecule has 1 heterocycles. The molecule has 0 fully saturated rings. The Kier molecular flexibility index (Phi) is 5.53. The minimum absolute atomic E-state index is 0.320. The van der Waals surface area contributed by atoms with Gasteiger partial charge < -0.3 is 9.47 Å². The van der Waals surface area contributed by atoms with E-state index in [2.05, 4.69) is 30.1 Å². The molecule has 0 N–H and O–H groups in total. The van der Waals surface area contributed by atoms with E-state index in [4.69, 9.17) is 9.47 Å². The predicted octanol–water partition coefficient (Wildman–Crippen LogP) is 3.90. The van der Waals surface area contributed by atoms with Crippen molar-refractivity contribution in [3.8, 4) is 11.5 Å². The van der Waals surface area contributed by atoms with E-state index in [9.17, 15) is 0 Å². The number of hydrogen-bond donors (Lipinski definition) is 0. The van der Waals surface area contributed by atoms with Crippen molar-refractivity contribution in [3.05, 3.63) is 35.9 Å². The minimum atomic E-state index is 0.320. The van der Waals surface area contributed by atoms with Gasteiger partial charge in [-0.1, -0.05) is 19.1 Å². The lowest BCUT2D eigenvalue weighted by atomic mass is 9.97. The molecular formula is C16H21NO2S. The van der Waals surface area contributed by atoms with Crippen LogP contribution in [0.3, 0.4) is 0 Å². The first-order valence-corrected chi connectivity index (χ1v) is 7.84. The van der Waals surface area contributed by atoms with Crippen molar-refractivity contribution in [2.24, 2.45) is 4.99 Å². The molecule has 0 spiro atoms. The molecule has 108 valence electrons. The van der Waals surface area contributed by atoms with Gasteiger partial charge in [0, 0.05) is 5.92 Å². The fourth-order valence-electron chi connectivity index (χ4n) is 2.10.